The van der Waals surface area contributed by atoms with E-state index < -0.39 is 0 Å². The highest BCUT2D eigenvalue weighted by Gasteiger charge is 2.30. The average molecular weight is 298 g/mol. The second-order valence-electron chi connectivity index (χ2n) is 4.82. The van der Waals surface area contributed by atoms with Crippen LogP contribution in [0.5, 0.6) is 5.75 Å². The maximum Gasteiger partial charge on any atom is 0.119 e. The lowest BCUT2D eigenvalue weighted by Gasteiger charge is -2.37. The summed E-state index contributed by atoms with van der Waals surface area (Å²) in [6.07, 6.45) is 3.88. The van der Waals surface area contributed by atoms with Gasteiger partial charge in [0.25, 0.3) is 0 Å². The Kier molecular flexibility index (Phi) is 4.46. The van der Waals surface area contributed by atoms with Gasteiger partial charge in [-0.2, -0.15) is 0 Å². The van der Waals surface area contributed by atoms with Crippen LogP contribution in [0.2, 0.25) is 0 Å². The summed E-state index contributed by atoms with van der Waals surface area (Å²) in [6, 6.07) is 6.23. The summed E-state index contributed by atoms with van der Waals surface area (Å²) in [7, 11) is 3.76. The van der Waals surface area contributed by atoms with Crippen molar-refractivity contribution in [3.8, 4) is 5.75 Å². The fourth-order valence-electron chi connectivity index (χ4n) is 2.55. The van der Waals surface area contributed by atoms with Crippen molar-refractivity contribution in [3.05, 3.63) is 28.2 Å². The summed E-state index contributed by atoms with van der Waals surface area (Å²) >= 11 is 3.63. The van der Waals surface area contributed by atoms with Crippen LogP contribution in [0, 0.1) is 11.8 Å². The van der Waals surface area contributed by atoms with Crippen LogP contribution in [0.15, 0.2) is 22.7 Å². The number of methoxy groups -OCH3 is 1. The highest BCUT2D eigenvalue weighted by molar-refractivity contribution is 9.10. The third-order valence-electron chi connectivity index (χ3n) is 3.78. The van der Waals surface area contributed by atoms with Crippen molar-refractivity contribution in [2.24, 2.45) is 11.8 Å². The maximum atomic E-state index is 5.28. The third-order valence-corrected chi connectivity index (χ3v) is 4.55. The van der Waals surface area contributed by atoms with Crippen molar-refractivity contribution in [1.82, 2.24) is 5.32 Å². The molecular weight excluding hydrogens is 278 g/mol. The van der Waals surface area contributed by atoms with Crippen LogP contribution in [0.4, 0.5) is 0 Å². The number of hydrogen-bond acceptors (Lipinski definition) is 2. The van der Waals surface area contributed by atoms with Crippen LogP contribution in [0.1, 0.15) is 18.4 Å². The predicted molar refractivity (Wildman–Crippen MR) is 74.5 cm³/mol. The summed E-state index contributed by atoms with van der Waals surface area (Å²) in [5, 5.41) is 3.29. The zero-order valence-electron chi connectivity index (χ0n) is 10.5. The van der Waals surface area contributed by atoms with E-state index in [0.29, 0.717) is 0 Å². The number of halogens is 1. The first-order chi connectivity index (χ1) is 8.24. The molecule has 1 fully saturated rings. The van der Waals surface area contributed by atoms with Gasteiger partial charge in [-0.1, -0.05) is 15.9 Å². The van der Waals surface area contributed by atoms with E-state index in [-0.39, 0.29) is 0 Å². The summed E-state index contributed by atoms with van der Waals surface area (Å²) in [6.45, 7) is 1.15. The zero-order chi connectivity index (χ0) is 12.3. The lowest BCUT2D eigenvalue weighted by atomic mass is 9.71. The number of benzene rings is 1. The monoisotopic (exact) mass is 297 g/mol. The van der Waals surface area contributed by atoms with Crippen LogP contribution in [0.25, 0.3) is 0 Å². The Bertz CT molecular complexity index is 380. The SMILES string of the molecule is CNCC1CCC1Cc1cc(OC)ccc1Br. The smallest absolute Gasteiger partial charge is 0.119 e. The van der Waals surface area contributed by atoms with E-state index in [4.69, 9.17) is 4.74 Å². The van der Waals surface area contributed by atoms with Crippen molar-refractivity contribution in [2.45, 2.75) is 19.3 Å². The van der Waals surface area contributed by atoms with E-state index in [2.05, 4.69) is 33.4 Å². The molecule has 0 spiro atoms. The van der Waals surface area contributed by atoms with E-state index in [1.165, 1.54) is 22.9 Å². The lowest BCUT2D eigenvalue weighted by molar-refractivity contribution is 0.173. The Morgan fingerprint density at radius 3 is 2.71 bits per heavy atom. The molecule has 1 aliphatic carbocycles. The summed E-state index contributed by atoms with van der Waals surface area (Å²) in [5.41, 5.74) is 1.37. The van der Waals surface area contributed by atoms with Gasteiger partial charge < -0.3 is 10.1 Å². The van der Waals surface area contributed by atoms with E-state index >= 15 is 0 Å². The fourth-order valence-corrected chi connectivity index (χ4v) is 2.96. The second kappa shape index (κ2) is 5.87. The Morgan fingerprint density at radius 1 is 1.35 bits per heavy atom. The fraction of sp³-hybridized carbons (Fsp3) is 0.571. The molecule has 2 atom stereocenters. The molecule has 94 valence electrons. The summed E-state index contributed by atoms with van der Waals surface area (Å²) in [5.74, 6) is 2.62. The van der Waals surface area contributed by atoms with Gasteiger partial charge in [0.1, 0.15) is 5.75 Å². The van der Waals surface area contributed by atoms with Crippen LogP contribution in [-0.2, 0) is 6.42 Å². The zero-order valence-corrected chi connectivity index (χ0v) is 12.1. The van der Waals surface area contributed by atoms with Gasteiger partial charge in [-0.05, 0) is 68.5 Å². The first kappa shape index (κ1) is 12.9. The van der Waals surface area contributed by atoms with Gasteiger partial charge in [0.15, 0.2) is 0 Å². The minimum Gasteiger partial charge on any atom is -0.497 e. The van der Waals surface area contributed by atoms with Crippen LogP contribution < -0.4 is 10.1 Å². The minimum atomic E-state index is 0.825. The predicted octanol–water partition coefficient (Wildman–Crippen LogP) is 3.25. The van der Waals surface area contributed by atoms with Gasteiger partial charge in [-0.15, -0.1) is 0 Å². The molecule has 1 saturated carbocycles. The molecule has 0 saturated heterocycles. The molecule has 2 unspecified atom stereocenters. The van der Waals surface area contributed by atoms with Gasteiger partial charge in [0.05, 0.1) is 7.11 Å². The van der Waals surface area contributed by atoms with E-state index in [0.717, 1.165) is 30.6 Å². The molecule has 1 aromatic carbocycles. The topological polar surface area (TPSA) is 21.3 Å². The molecule has 0 aromatic heterocycles. The standard InChI is InChI=1S/C14H20BrNO/c1-16-9-11-4-3-10(11)7-12-8-13(17-2)5-6-14(12)15/h5-6,8,10-11,16H,3-4,7,9H2,1-2H3. The highest BCUT2D eigenvalue weighted by Crippen LogP contribution is 2.38. The van der Waals surface area contributed by atoms with E-state index in [1.54, 1.807) is 7.11 Å². The first-order valence-electron chi connectivity index (χ1n) is 6.21. The van der Waals surface area contributed by atoms with Crippen molar-refractivity contribution in [1.29, 1.82) is 0 Å². The minimum absolute atomic E-state index is 0.825. The molecule has 1 aromatic rings. The van der Waals surface area contributed by atoms with E-state index in [9.17, 15) is 0 Å². The molecular formula is C14H20BrNO. The van der Waals surface area contributed by atoms with Crippen LogP contribution >= 0.6 is 15.9 Å². The quantitative estimate of drug-likeness (QED) is 0.901. The van der Waals surface area contributed by atoms with Gasteiger partial charge in [-0.3, -0.25) is 0 Å². The van der Waals surface area contributed by atoms with Crippen molar-refractivity contribution < 1.29 is 4.74 Å². The molecule has 3 heteroatoms. The van der Waals surface area contributed by atoms with Gasteiger partial charge in [-0.25, -0.2) is 0 Å². The Balaban J connectivity index is 2.02. The van der Waals surface area contributed by atoms with Gasteiger partial charge >= 0.3 is 0 Å². The average Bonchev–Trinajstić information content (AvgIpc) is 2.33. The molecule has 0 heterocycles. The van der Waals surface area contributed by atoms with Gasteiger partial charge in [0.2, 0.25) is 0 Å². The number of ether oxygens (including phenoxy) is 1. The first-order valence-corrected chi connectivity index (χ1v) is 7.01. The molecule has 17 heavy (non-hydrogen) atoms. The Morgan fingerprint density at radius 2 is 2.12 bits per heavy atom. The molecule has 2 rings (SSSR count). The van der Waals surface area contributed by atoms with Crippen molar-refractivity contribution in [2.75, 3.05) is 20.7 Å². The Hall–Kier alpha value is -0.540. The molecule has 0 aliphatic heterocycles. The number of hydrogen-bond donors (Lipinski definition) is 1. The molecule has 2 nitrogen and oxygen atoms in total. The van der Waals surface area contributed by atoms with Gasteiger partial charge in [0, 0.05) is 4.47 Å². The third kappa shape index (κ3) is 3.02. The van der Waals surface area contributed by atoms with Crippen LogP contribution in [-0.4, -0.2) is 20.7 Å². The highest BCUT2D eigenvalue weighted by atomic mass is 79.9. The van der Waals surface area contributed by atoms with Crippen molar-refractivity contribution in [3.63, 3.8) is 0 Å². The molecule has 0 radical (unpaired) electrons. The summed E-state index contributed by atoms with van der Waals surface area (Å²) < 4.78 is 6.49. The Labute approximate surface area is 112 Å². The lowest BCUT2D eigenvalue weighted by Crippen LogP contribution is -2.35. The normalized spacial score (nSPS) is 23.2. The number of nitrogens with one attached hydrogen (secondary N) is 1. The molecule has 0 bridgehead atoms. The molecule has 0 amide bonds. The molecule has 1 N–H and O–H groups in total. The largest absolute Gasteiger partial charge is 0.497 e. The summed E-state index contributed by atoms with van der Waals surface area (Å²) in [4.78, 5) is 0. The van der Waals surface area contributed by atoms with Crippen LogP contribution in [0.3, 0.4) is 0 Å². The molecule has 1 aliphatic rings. The second-order valence-corrected chi connectivity index (χ2v) is 5.67. The maximum absolute atomic E-state index is 5.28. The number of rotatable bonds is 5. The van der Waals surface area contributed by atoms with Crippen molar-refractivity contribution >= 4 is 15.9 Å². The van der Waals surface area contributed by atoms with E-state index in [1.807, 2.05) is 13.1 Å².